The molecule has 0 spiro atoms. The van der Waals surface area contributed by atoms with Crippen molar-refractivity contribution in [1.29, 1.82) is 5.26 Å². The molecule has 1 amide bonds. The van der Waals surface area contributed by atoms with Crippen LogP contribution in [0.1, 0.15) is 33.0 Å². The number of halogens is 1. The number of aromatic amines is 1. The minimum atomic E-state index is -0.0480. The summed E-state index contributed by atoms with van der Waals surface area (Å²) in [5, 5.41) is 15.9. The Morgan fingerprint density at radius 3 is 2.66 bits per heavy atom. The first-order valence-electron chi connectivity index (χ1n) is 9.03. The highest BCUT2D eigenvalue weighted by molar-refractivity contribution is 6.35. The number of nitrogens with zero attached hydrogens (tertiary/aromatic N) is 4. The molecule has 0 aliphatic carbocycles. The lowest BCUT2D eigenvalue weighted by atomic mass is 9.90. The van der Waals surface area contributed by atoms with Crippen molar-refractivity contribution in [3.63, 3.8) is 0 Å². The maximum Gasteiger partial charge on any atom is 0.269 e. The van der Waals surface area contributed by atoms with Crippen LogP contribution in [0, 0.1) is 24.8 Å². The third-order valence-corrected chi connectivity index (χ3v) is 5.58. The van der Waals surface area contributed by atoms with Crippen molar-refractivity contribution < 1.29 is 4.79 Å². The Labute approximate surface area is 173 Å². The van der Waals surface area contributed by atoms with Gasteiger partial charge in [-0.2, -0.15) is 5.26 Å². The lowest BCUT2D eigenvalue weighted by Crippen LogP contribution is -2.48. The van der Waals surface area contributed by atoms with Gasteiger partial charge in [-0.05, 0) is 42.3 Å². The molecule has 0 bridgehead atoms. The van der Waals surface area contributed by atoms with Crippen LogP contribution < -0.4 is 0 Å². The maximum atomic E-state index is 12.9. The molecule has 4 rings (SSSR count). The van der Waals surface area contributed by atoms with Crippen LogP contribution in [0.4, 0.5) is 5.82 Å². The molecule has 142 valence electrons. The Bertz CT molecular complexity index is 1180. The first kappa shape index (κ1) is 18.7. The molecule has 1 N–H and O–H groups in total. The fourth-order valence-corrected chi connectivity index (χ4v) is 3.68. The van der Waals surface area contributed by atoms with Gasteiger partial charge in [0, 0.05) is 30.1 Å². The van der Waals surface area contributed by atoms with E-state index in [1.54, 1.807) is 29.2 Å². The number of likely N-dealkylation sites (tertiary alicyclic amines) is 1. The van der Waals surface area contributed by atoms with E-state index >= 15 is 0 Å². The average Bonchev–Trinajstić information content (AvgIpc) is 3.08. The smallest absolute Gasteiger partial charge is 0.269 e. The summed E-state index contributed by atoms with van der Waals surface area (Å²) in [6, 6.07) is 15.1. The topological polar surface area (TPSA) is 77.1 Å². The van der Waals surface area contributed by atoms with Gasteiger partial charge >= 0.3 is 0 Å². The monoisotopic (exact) mass is 401 g/mol. The third kappa shape index (κ3) is 3.35. The molecule has 3 aromatic rings. The molecule has 1 aliphatic rings. The molecule has 0 saturated carbocycles. The Hall–Kier alpha value is -3.61. The first-order chi connectivity index (χ1) is 14.0. The van der Waals surface area contributed by atoms with Crippen LogP contribution in [0.3, 0.4) is 0 Å². The normalized spacial score (nSPS) is 13.4. The van der Waals surface area contributed by atoms with Gasteiger partial charge in [-0.1, -0.05) is 36.4 Å². The SMILES string of the molecule is [C-]#[N+]c1[nH]nc(-c2cc(C(=O)N3CC(c4ccc(C#N)cc4)C3)ccc2C)c1Cl. The summed E-state index contributed by atoms with van der Waals surface area (Å²) >= 11 is 6.25. The minimum Gasteiger partial charge on any atom is -0.361 e. The van der Waals surface area contributed by atoms with Crippen molar-refractivity contribution >= 4 is 23.3 Å². The number of amides is 1. The van der Waals surface area contributed by atoms with Crippen molar-refractivity contribution in [2.45, 2.75) is 12.8 Å². The highest BCUT2D eigenvalue weighted by Crippen LogP contribution is 2.36. The quantitative estimate of drug-likeness (QED) is 0.646. The molecule has 1 aromatic heterocycles. The summed E-state index contributed by atoms with van der Waals surface area (Å²) < 4.78 is 0. The Kier molecular flexibility index (Phi) is 4.80. The number of aromatic nitrogens is 2. The van der Waals surface area contributed by atoms with E-state index < -0.39 is 0 Å². The second-order valence-electron chi connectivity index (χ2n) is 7.02. The van der Waals surface area contributed by atoms with E-state index in [0.29, 0.717) is 29.9 Å². The van der Waals surface area contributed by atoms with Gasteiger partial charge in [-0.15, -0.1) is 5.10 Å². The van der Waals surface area contributed by atoms with Gasteiger partial charge < -0.3 is 9.74 Å². The van der Waals surface area contributed by atoms with Crippen molar-refractivity contribution in [1.82, 2.24) is 15.1 Å². The number of nitriles is 1. The molecular formula is C22H16ClN5O. The number of carbonyl (C=O) groups is 1. The molecule has 2 aromatic carbocycles. The summed E-state index contributed by atoms with van der Waals surface area (Å²) in [7, 11) is 0. The first-order valence-corrected chi connectivity index (χ1v) is 9.41. The molecule has 1 aliphatic heterocycles. The van der Waals surface area contributed by atoms with Crippen LogP contribution in [0.2, 0.25) is 5.02 Å². The van der Waals surface area contributed by atoms with Gasteiger partial charge in [0.05, 0.1) is 16.7 Å². The summed E-state index contributed by atoms with van der Waals surface area (Å²) in [5.74, 6) is 0.414. The van der Waals surface area contributed by atoms with Gasteiger partial charge in [0.1, 0.15) is 5.69 Å². The molecule has 0 unspecified atom stereocenters. The van der Waals surface area contributed by atoms with Crippen LogP contribution in [-0.4, -0.2) is 34.1 Å². The van der Waals surface area contributed by atoms with E-state index in [9.17, 15) is 4.79 Å². The molecule has 0 atom stereocenters. The van der Waals surface area contributed by atoms with Crippen LogP contribution in [0.25, 0.3) is 16.1 Å². The van der Waals surface area contributed by atoms with E-state index in [0.717, 1.165) is 16.7 Å². The van der Waals surface area contributed by atoms with E-state index in [1.807, 2.05) is 25.1 Å². The van der Waals surface area contributed by atoms with Crippen LogP contribution in [-0.2, 0) is 0 Å². The number of hydrogen-bond donors (Lipinski definition) is 1. The highest BCUT2D eigenvalue weighted by Gasteiger charge is 2.32. The van der Waals surface area contributed by atoms with Crippen LogP contribution in [0.5, 0.6) is 0 Å². The fraction of sp³-hybridized carbons (Fsp3) is 0.182. The number of hydrogen-bond acceptors (Lipinski definition) is 3. The molecule has 1 fully saturated rings. The fourth-order valence-electron chi connectivity index (χ4n) is 3.45. The zero-order valence-corrected chi connectivity index (χ0v) is 16.4. The van der Waals surface area contributed by atoms with E-state index in [-0.39, 0.29) is 22.7 Å². The standard InChI is InChI=1S/C22H16ClN5O/c1-13-3-6-16(9-18(13)20-19(23)21(25-2)27-26-20)22(29)28-11-17(12-28)15-7-4-14(10-24)5-8-15/h3-9,17H,11-12H2,1H3,(H,26,27). The number of aryl methyl sites for hydroxylation is 1. The molecule has 6 nitrogen and oxygen atoms in total. The van der Waals surface area contributed by atoms with Crippen molar-refractivity contribution in [3.8, 4) is 17.3 Å². The number of H-pyrrole nitrogens is 1. The average molecular weight is 402 g/mol. The van der Waals surface area contributed by atoms with Gasteiger partial charge in [-0.25, -0.2) is 5.10 Å². The predicted octanol–water partition coefficient (Wildman–Crippen LogP) is 4.70. The highest BCUT2D eigenvalue weighted by atomic mass is 35.5. The molecule has 1 saturated heterocycles. The summed E-state index contributed by atoms with van der Waals surface area (Å²) in [6.07, 6.45) is 0. The van der Waals surface area contributed by atoms with Crippen molar-refractivity contribution in [2.24, 2.45) is 0 Å². The number of nitrogens with one attached hydrogen (secondary N) is 1. The largest absolute Gasteiger partial charge is 0.361 e. The van der Waals surface area contributed by atoms with Crippen LogP contribution in [0.15, 0.2) is 42.5 Å². The van der Waals surface area contributed by atoms with Gasteiger partial charge in [-0.3, -0.25) is 4.79 Å². The Morgan fingerprint density at radius 2 is 2.03 bits per heavy atom. The van der Waals surface area contributed by atoms with Crippen molar-refractivity contribution in [2.75, 3.05) is 13.1 Å². The van der Waals surface area contributed by atoms with Gasteiger partial charge in [0.25, 0.3) is 11.7 Å². The Balaban J connectivity index is 1.52. The van der Waals surface area contributed by atoms with E-state index in [2.05, 4.69) is 21.1 Å². The lowest BCUT2D eigenvalue weighted by Gasteiger charge is -2.39. The number of carbonyl (C=O) groups excluding carboxylic acids is 1. The lowest BCUT2D eigenvalue weighted by molar-refractivity contribution is 0.0602. The molecule has 2 heterocycles. The molecule has 0 radical (unpaired) electrons. The second-order valence-corrected chi connectivity index (χ2v) is 7.40. The minimum absolute atomic E-state index is 0.0480. The number of benzene rings is 2. The Morgan fingerprint density at radius 1 is 1.31 bits per heavy atom. The number of rotatable bonds is 3. The summed E-state index contributed by atoms with van der Waals surface area (Å²) in [6.45, 7) is 10.3. The van der Waals surface area contributed by atoms with Gasteiger partial charge in [0.15, 0.2) is 0 Å². The predicted molar refractivity (Wildman–Crippen MR) is 110 cm³/mol. The van der Waals surface area contributed by atoms with Crippen molar-refractivity contribution in [3.05, 3.63) is 81.2 Å². The zero-order chi connectivity index (χ0) is 20.5. The zero-order valence-electron chi connectivity index (χ0n) is 15.6. The molecule has 29 heavy (non-hydrogen) atoms. The van der Waals surface area contributed by atoms with E-state index in [4.69, 9.17) is 23.4 Å². The van der Waals surface area contributed by atoms with Crippen LogP contribution >= 0.6 is 11.6 Å². The van der Waals surface area contributed by atoms with Gasteiger partial charge in [0.2, 0.25) is 0 Å². The molecular weight excluding hydrogens is 386 g/mol. The third-order valence-electron chi connectivity index (χ3n) is 5.22. The molecule has 7 heteroatoms. The van der Waals surface area contributed by atoms with E-state index in [1.165, 1.54) is 0 Å². The second kappa shape index (κ2) is 7.43. The summed E-state index contributed by atoms with van der Waals surface area (Å²) in [4.78, 5) is 18.0. The summed E-state index contributed by atoms with van der Waals surface area (Å²) in [5.41, 5.74) is 4.46. The maximum absolute atomic E-state index is 12.9.